The highest BCUT2D eigenvalue weighted by atomic mass is 32.2. The number of para-hydroxylation sites is 1. The smallest absolute Gasteiger partial charge is 0.176 e. The Hall–Kier alpha value is -0.960. The minimum atomic E-state index is 0.0844. The molecule has 0 aliphatic heterocycles. The molecule has 1 aromatic carbocycles. The molecule has 0 amide bonds. The van der Waals surface area contributed by atoms with Crippen LogP contribution >= 0.6 is 11.8 Å². The maximum Gasteiger partial charge on any atom is 0.176 e. The summed E-state index contributed by atoms with van der Waals surface area (Å²) in [7, 11) is 0. The van der Waals surface area contributed by atoms with E-state index in [0.29, 0.717) is 22.3 Å². The molecule has 0 fully saturated rings. The number of carbonyl (C=O) groups is 1. The van der Waals surface area contributed by atoms with Crippen LogP contribution in [0, 0.1) is 0 Å². The predicted molar refractivity (Wildman–Crippen MR) is 78.7 cm³/mol. The summed E-state index contributed by atoms with van der Waals surface area (Å²) in [6.07, 6.45) is 1.17. The number of ether oxygens (including phenoxy) is 1. The Bertz CT molecular complexity index is 388. The third-order valence-corrected chi connectivity index (χ3v) is 3.96. The summed E-state index contributed by atoms with van der Waals surface area (Å²) < 4.78 is 5.67. The van der Waals surface area contributed by atoms with Crippen molar-refractivity contribution in [2.24, 2.45) is 0 Å². The Morgan fingerprint density at radius 3 is 2.56 bits per heavy atom. The Labute approximate surface area is 114 Å². The summed E-state index contributed by atoms with van der Waals surface area (Å²) in [5.74, 6) is 1.37. The molecule has 0 spiro atoms. The standard InChI is InChI=1S/C15H22O2S/c1-5-12(4)18-10-14(16)13-8-6-7-9-15(13)17-11(2)3/h6-9,11-12H,5,10H2,1-4H3. The number of benzene rings is 1. The fourth-order valence-electron chi connectivity index (χ4n) is 1.47. The van der Waals surface area contributed by atoms with Crippen LogP contribution in [0.25, 0.3) is 0 Å². The molecule has 2 nitrogen and oxygen atoms in total. The molecular formula is C15H22O2S. The number of rotatable bonds is 7. The zero-order chi connectivity index (χ0) is 13.5. The van der Waals surface area contributed by atoms with Crippen molar-refractivity contribution in [3.8, 4) is 5.75 Å². The van der Waals surface area contributed by atoms with Crippen molar-refractivity contribution in [2.45, 2.75) is 45.5 Å². The van der Waals surface area contributed by atoms with E-state index in [1.54, 1.807) is 11.8 Å². The van der Waals surface area contributed by atoms with E-state index in [1.807, 2.05) is 38.1 Å². The van der Waals surface area contributed by atoms with Gasteiger partial charge in [-0.25, -0.2) is 0 Å². The Balaban J connectivity index is 2.72. The van der Waals surface area contributed by atoms with Crippen LogP contribution in [0.15, 0.2) is 24.3 Å². The van der Waals surface area contributed by atoms with Crippen molar-refractivity contribution in [2.75, 3.05) is 5.75 Å². The molecule has 0 saturated carbocycles. The first-order valence-corrected chi connectivity index (χ1v) is 7.50. The first kappa shape index (κ1) is 15.1. The van der Waals surface area contributed by atoms with Gasteiger partial charge in [0.05, 0.1) is 17.4 Å². The molecule has 0 aromatic heterocycles. The number of hydrogen-bond donors (Lipinski definition) is 0. The molecule has 0 aliphatic carbocycles. The minimum absolute atomic E-state index is 0.0844. The van der Waals surface area contributed by atoms with Crippen molar-refractivity contribution in [1.82, 2.24) is 0 Å². The number of carbonyl (C=O) groups excluding carboxylic acids is 1. The van der Waals surface area contributed by atoms with Crippen LogP contribution in [-0.2, 0) is 0 Å². The van der Waals surface area contributed by atoms with Gasteiger partial charge in [-0.15, -0.1) is 0 Å². The monoisotopic (exact) mass is 266 g/mol. The molecular weight excluding hydrogens is 244 g/mol. The lowest BCUT2D eigenvalue weighted by Crippen LogP contribution is -2.12. The highest BCUT2D eigenvalue weighted by Gasteiger charge is 2.14. The summed E-state index contributed by atoms with van der Waals surface area (Å²) in [6, 6.07) is 7.49. The van der Waals surface area contributed by atoms with Gasteiger partial charge in [-0.2, -0.15) is 11.8 Å². The summed E-state index contributed by atoms with van der Waals surface area (Å²) in [4.78, 5) is 12.2. The molecule has 100 valence electrons. The molecule has 1 atom stereocenters. The van der Waals surface area contributed by atoms with E-state index < -0.39 is 0 Å². The van der Waals surface area contributed by atoms with Gasteiger partial charge in [0.2, 0.25) is 0 Å². The van der Waals surface area contributed by atoms with Crippen molar-refractivity contribution in [1.29, 1.82) is 0 Å². The summed E-state index contributed by atoms with van der Waals surface area (Å²) in [5.41, 5.74) is 0.696. The van der Waals surface area contributed by atoms with Gasteiger partial charge in [-0.3, -0.25) is 4.79 Å². The van der Waals surface area contributed by atoms with Crippen molar-refractivity contribution < 1.29 is 9.53 Å². The molecule has 1 aromatic rings. The topological polar surface area (TPSA) is 26.3 Å². The van der Waals surface area contributed by atoms with Gasteiger partial charge in [-0.05, 0) is 32.4 Å². The average molecular weight is 266 g/mol. The maximum absolute atomic E-state index is 12.2. The fourth-order valence-corrected chi connectivity index (χ4v) is 2.29. The van der Waals surface area contributed by atoms with Crippen LogP contribution in [0.5, 0.6) is 5.75 Å². The quantitative estimate of drug-likeness (QED) is 0.692. The van der Waals surface area contributed by atoms with Crippen molar-refractivity contribution in [3.05, 3.63) is 29.8 Å². The first-order valence-electron chi connectivity index (χ1n) is 6.45. The van der Waals surface area contributed by atoms with Crippen molar-refractivity contribution >= 4 is 17.5 Å². The Morgan fingerprint density at radius 2 is 1.94 bits per heavy atom. The van der Waals surface area contributed by atoms with E-state index in [9.17, 15) is 4.79 Å². The van der Waals surface area contributed by atoms with E-state index in [0.717, 1.165) is 6.42 Å². The molecule has 0 saturated heterocycles. The SMILES string of the molecule is CCC(C)SCC(=O)c1ccccc1OC(C)C. The molecule has 0 aliphatic rings. The fraction of sp³-hybridized carbons (Fsp3) is 0.533. The normalized spacial score (nSPS) is 12.5. The van der Waals surface area contributed by atoms with Gasteiger partial charge in [0.25, 0.3) is 0 Å². The largest absolute Gasteiger partial charge is 0.490 e. The zero-order valence-electron chi connectivity index (χ0n) is 11.6. The molecule has 0 heterocycles. The number of hydrogen-bond acceptors (Lipinski definition) is 3. The number of thioether (sulfide) groups is 1. The van der Waals surface area contributed by atoms with E-state index in [4.69, 9.17) is 4.74 Å². The van der Waals surface area contributed by atoms with Gasteiger partial charge < -0.3 is 4.74 Å². The van der Waals surface area contributed by atoms with Gasteiger partial charge in [0.15, 0.2) is 5.78 Å². The van der Waals surface area contributed by atoms with Crippen LogP contribution in [-0.4, -0.2) is 22.9 Å². The second-order valence-corrected chi connectivity index (χ2v) is 6.04. The van der Waals surface area contributed by atoms with Gasteiger partial charge >= 0.3 is 0 Å². The first-order chi connectivity index (χ1) is 8.54. The Morgan fingerprint density at radius 1 is 1.28 bits per heavy atom. The van der Waals surface area contributed by atoms with Crippen LogP contribution in [0.2, 0.25) is 0 Å². The van der Waals surface area contributed by atoms with Crippen molar-refractivity contribution in [3.63, 3.8) is 0 Å². The lowest BCUT2D eigenvalue weighted by atomic mass is 10.1. The van der Waals surface area contributed by atoms with Crippen LogP contribution < -0.4 is 4.74 Å². The van der Waals surface area contributed by atoms with Crippen LogP contribution in [0.3, 0.4) is 0 Å². The predicted octanol–water partition coefficient (Wildman–Crippen LogP) is 4.19. The van der Waals surface area contributed by atoms with Crippen LogP contribution in [0.1, 0.15) is 44.5 Å². The van der Waals surface area contributed by atoms with Crippen LogP contribution in [0.4, 0.5) is 0 Å². The van der Waals surface area contributed by atoms with Gasteiger partial charge in [0.1, 0.15) is 5.75 Å². The number of ketones is 1. The number of Topliss-reactive ketones (excluding diaryl/α,β-unsaturated/α-hetero) is 1. The molecule has 1 unspecified atom stereocenters. The molecule has 1 rings (SSSR count). The lowest BCUT2D eigenvalue weighted by Gasteiger charge is -2.14. The minimum Gasteiger partial charge on any atom is -0.490 e. The highest BCUT2D eigenvalue weighted by molar-refractivity contribution is 8.00. The third-order valence-electron chi connectivity index (χ3n) is 2.62. The van der Waals surface area contributed by atoms with Gasteiger partial charge in [-0.1, -0.05) is 26.0 Å². The van der Waals surface area contributed by atoms with E-state index in [1.165, 1.54) is 0 Å². The second-order valence-electron chi connectivity index (χ2n) is 4.62. The molecule has 18 heavy (non-hydrogen) atoms. The molecule has 0 bridgehead atoms. The third kappa shape index (κ3) is 4.73. The summed E-state index contributed by atoms with van der Waals surface area (Å²) >= 11 is 1.70. The molecule has 0 N–H and O–H groups in total. The maximum atomic E-state index is 12.2. The van der Waals surface area contributed by atoms with E-state index in [2.05, 4.69) is 13.8 Å². The zero-order valence-corrected chi connectivity index (χ0v) is 12.4. The van der Waals surface area contributed by atoms with E-state index in [-0.39, 0.29) is 11.9 Å². The van der Waals surface area contributed by atoms with Gasteiger partial charge in [0, 0.05) is 5.25 Å². The Kier molecular flexibility index (Phi) is 6.27. The lowest BCUT2D eigenvalue weighted by molar-refractivity contribution is 0.101. The molecule has 0 radical (unpaired) electrons. The summed E-state index contributed by atoms with van der Waals surface area (Å²) in [5, 5.41) is 0.520. The molecule has 3 heteroatoms. The highest BCUT2D eigenvalue weighted by Crippen LogP contribution is 2.23. The summed E-state index contributed by atoms with van der Waals surface area (Å²) in [6.45, 7) is 8.22. The average Bonchev–Trinajstić information content (AvgIpc) is 2.35. The van der Waals surface area contributed by atoms with E-state index >= 15 is 0 Å². The second kappa shape index (κ2) is 7.47.